The van der Waals surface area contributed by atoms with Crippen LogP contribution in [0, 0.1) is 11.7 Å². The zero-order chi connectivity index (χ0) is 18.6. The fourth-order valence-electron chi connectivity index (χ4n) is 4.15. The minimum Gasteiger partial charge on any atom is -0.484 e. The number of hydrogen-bond acceptors (Lipinski definition) is 4. The van der Waals surface area contributed by atoms with Gasteiger partial charge in [0.15, 0.2) is 11.6 Å². The Balaban J connectivity index is 1.30. The zero-order valence-corrected chi connectivity index (χ0v) is 15.2. The van der Waals surface area contributed by atoms with Crippen molar-refractivity contribution in [2.24, 2.45) is 5.92 Å². The minimum atomic E-state index is -0.497. The van der Waals surface area contributed by atoms with Crippen molar-refractivity contribution in [3.05, 3.63) is 54.1 Å². The third kappa shape index (κ3) is 4.63. The standard InChI is InChI=1S/C21H24FN3O2/c22-19-12-17(6-7-20(19)27-13-18-3-1-2-8-23-18)25-21(26)11-14-9-15-4-5-16(10-14)24-15/h1-3,6-8,12,14-16,24H,4-5,9-11,13H2,(H,25,26). The molecule has 5 nitrogen and oxygen atoms in total. The average Bonchev–Trinajstić information content (AvgIpc) is 3.00. The molecule has 2 unspecified atom stereocenters. The van der Waals surface area contributed by atoms with Crippen molar-refractivity contribution in [2.45, 2.75) is 50.8 Å². The number of amides is 1. The molecule has 0 aliphatic carbocycles. The first kappa shape index (κ1) is 17.9. The molecule has 0 spiro atoms. The van der Waals surface area contributed by atoms with Crippen molar-refractivity contribution in [3.8, 4) is 5.75 Å². The van der Waals surface area contributed by atoms with E-state index in [4.69, 9.17) is 4.74 Å². The highest BCUT2D eigenvalue weighted by atomic mass is 19.1. The molecule has 1 aromatic heterocycles. The highest BCUT2D eigenvalue weighted by Crippen LogP contribution is 2.33. The maximum Gasteiger partial charge on any atom is 0.224 e. The van der Waals surface area contributed by atoms with Gasteiger partial charge in [0.05, 0.1) is 5.69 Å². The summed E-state index contributed by atoms with van der Waals surface area (Å²) in [6.45, 7) is 0.196. The first-order valence-corrected chi connectivity index (χ1v) is 9.54. The fraction of sp³-hybridized carbons (Fsp3) is 0.429. The smallest absolute Gasteiger partial charge is 0.224 e. The summed E-state index contributed by atoms with van der Waals surface area (Å²) in [6, 6.07) is 11.1. The maximum absolute atomic E-state index is 14.3. The van der Waals surface area contributed by atoms with Crippen molar-refractivity contribution in [1.82, 2.24) is 10.3 Å². The summed E-state index contributed by atoms with van der Waals surface area (Å²) in [6.07, 6.45) is 6.70. The van der Waals surface area contributed by atoms with Gasteiger partial charge >= 0.3 is 0 Å². The van der Waals surface area contributed by atoms with Crippen molar-refractivity contribution in [1.29, 1.82) is 0 Å². The molecule has 2 atom stereocenters. The van der Waals surface area contributed by atoms with Crippen LogP contribution in [0.4, 0.5) is 10.1 Å². The number of anilines is 1. The maximum atomic E-state index is 14.3. The third-order valence-corrected chi connectivity index (χ3v) is 5.36. The van der Waals surface area contributed by atoms with Gasteiger partial charge in [-0.1, -0.05) is 6.07 Å². The Labute approximate surface area is 158 Å². The molecule has 1 aromatic carbocycles. The van der Waals surface area contributed by atoms with E-state index in [0.717, 1.165) is 18.5 Å². The van der Waals surface area contributed by atoms with E-state index in [-0.39, 0.29) is 18.3 Å². The summed E-state index contributed by atoms with van der Waals surface area (Å²) in [5.41, 5.74) is 1.19. The van der Waals surface area contributed by atoms with Gasteiger partial charge in [-0.3, -0.25) is 9.78 Å². The molecule has 0 saturated carbocycles. The third-order valence-electron chi connectivity index (χ3n) is 5.36. The predicted molar refractivity (Wildman–Crippen MR) is 101 cm³/mol. The summed E-state index contributed by atoms with van der Waals surface area (Å²) in [5.74, 6) is 0.00894. The van der Waals surface area contributed by atoms with E-state index in [0.29, 0.717) is 30.1 Å². The van der Waals surface area contributed by atoms with Crippen LogP contribution in [-0.4, -0.2) is 23.0 Å². The molecule has 2 aliphatic rings. The molecule has 3 heterocycles. The van der Waals surface area contributed by atoms with Crippen molar-refractivity contribution < 1.29 is 13.9 Å². The van der Waals surface area contributed by atoms with Crippen molar-refractivity contribution in [2.75, 3.05) is 5.32 Å². The van der Waals surface area contributed by atoms with Gasteiger partial charge in [-0.25, -0.2) is 4.39 Å². The SMILES string of the molecule is O=C(CC1CC2CCC(C1)N2)Nc1ccc(OCc2ccccn2)c(F)c1. The van der Waals surface area contributed by atoms with Crippen LogP contribution < -0.4 is 15.4 Å². The van der Waals surface area contributed by atoms with E-state index < -0.39 is 5.82 Å². The van der Waals surface area contributed by atoms with E-state index in [9.17, 15) is 9.18 Å². The van der Waals surface area contributed by atoms with Crippen LogP contribution in [0.15, 0.2) is 42.6 Å². The number of ether oxygens (including phenoxy) is 1. The van der Waals surface area contributed by atoms with Gasteiger partial charge in [0.1, 0.15) is 6.61 Å². The van der Waals surface area contributed by atoms with Gasteiger partial charge in [0.2, 0.25) is 5.91 Å². The number of carbonyl (C=O) groups excluding carboxylic acids is 1. The second-order valence-corrected chi connectivity index (χ2v) is 7.48. The van der Waals surface area contributed by atoms with E-state index in [1.807, 2.05) is 18.2 Å². The molecule has 6 heteroatoms. The van der Waals surface area contributed by atoms with E-state index in [1.165, 1.54) is 18.9 Å². The van der Waals surface area contributed by atoms with Gasteiger partial charge in [0.25, 0.3) is 0 Å². The summed E-state index contributed by atoms with van der Waals surface area (Å²) in [7, 11) is 0. The molecule has 2 aliphatic heterocycles. The number of nitrogens with one attached hydrogen (secondary N) is 2. The first-order valence-electron chi connectivity index (χ1n) is 9.54. The Morgan fingerprint density at radius 2 is 2.04 bits per heavy atom. The van der Waals surface area contributed by atoms with Crippen LogP contribution in [-0.2, 0) is 11.4 Å². The molecule has 2 saturated heterocycles. The molecular weight excluding hydrogens is 345 g/mol. The van der Waals surface area contributed by atoms with Gasteiger partial charge in [-0.2, -0.15) is 0 Å². The lowest BCUT2D eigenvalue weighted by atomic mass is 9.89. The van der Waals surface area contributed by atoms with Gasteiger partial charge in [-0.15, -0.1) is 0 Å². The van der Waals surface area contributed by atoms with Crippen LogP contribution in [0.25, 0.3) is 0 Å². The highest BCUT2D eigenvalue weighted by Gasteiger charge is 2.34. The number of carbonyl (C=O) groups is 1. The predicted octanol–water partition coefficient (Wildman–Crippen LogP) is 3.66. The highest BCUT2D eigenvalue weighted by molar-refractivity contribution is 5.90. The van der Waals surface area contributed by atoms with Crippen molar-refractivity contribution >= 4 is 11.6 Å². The number of benzene rings is 1. The van der Waals surface area contributed by atoms with E-state index in [2.05, 4.69) is 15.6 Å². The largest absolute Gasteiger partial charge is 0.484 e. The van der Waals surface area contributed by atoms with Crippen LogP contribution in [0.3, 0.4) is 0 Å². The number of rotatable bonds is 6. The molecule has 2 fully saturated rings. The van der Waals surface area contributed by atoms with Crippen LogP contribution in [0.5, 0.6) is 5.75 Å². The van der Waals surface area contributed by atoms with Crippen LogP contribution in [0.2, 0.25) is 0 Å². The number of nitrogens with zero attached hydrogens (tertiary/aromatic N) is 1. The molecule has 4 rings (SSSR count). The molecule has 27 heavy (non-hydrogen) atoms. The zero-order valence-electron chi connectivity index (χ0n) is 15.2. The van der Waals surface area contributed by atoms with Gasteiger partial charge < -0.3 is 15.4 Å². The molecule has 2 bridgehead atoms. The number of pyridine rings is 1. The molecule has 2 N–H and O–H groups in total. The summed E-state index contributed by atoms with van der Waals surface area (Å²) >= 11 is 0. The van der Waals surface area contributed by atoms with E-state index in [1.54, 1.807) is 18.3 Å². The van der Waals surface area contributed by atoms with Crippen LogP contribution in [0.1, 0.15) is 37.8 Å². The summed E-state index contributed by atoms with van der Waals surface area (Å²) < 4.78 is 19.7. The lowest BCUT2D eigenvalue weighted by molar-refractivity contribution is -0.117. The number of piperidine rings is 1. The second-order valence-electron chi connectivity index (χ2n) is 7.48. The molecule has 2 aromatic rings. The summed E-state index contributed by atoms with van der Waals surface area (Å²) in [5, 5.41) is 6.39. The number of fused-ring (bicyclic) bond motifs is 2. The number of halogens is 1. The Kier molecular flexibility index (Phi) is 5.34. The molecule has 0 radical (unpaired) electrons. The minimum absolute atomic E-state index is 0.0529. The second kappa shape index (κ2) is 8.05. The lowest BCUT2D eigenvalue weighted by Crippen LogP contribution is -2.39. The summed E-state index contributed by atoms with van der Waals surface area (Å²) in [4.78, 5) is 16.5. The van der Waals surface area contributed by atoms with Gasteiger partial charge in [0, 0.05) is 36.5 Å². The van der Waals surface area contributed by atoms with Crippen LogP contribution >= 0.6 is 0 Å². The number of aromatic nitrogens is 1. The Morgan fingerprint density at radius 3 is 2.74 bits per heavy atom. The lowest BCUT2D eigenvalue weighted by Gasteiger charge is -2.28. The Bertz CT molecular complexity index is 787. The quantitative estimate of drug-likeness (QED) is 0.816. The molecular formula is C21H24FN3O2. The van der Waals surface area contributed by atoms with Crippen molar-refractivity contribution in [3.63, 3.8) is 0 Å². The number of hydrogen-bond donors (Lipinski definition) is 2. The first-order chi connectivity index (χ1) is 13.2. The fourth-order valence-corrected chi connectivity index (χ4v) is 4.15. The molecule has 1 amide bonds. The Hall–Kier alpha value is -2.47. The normalized spacial score (nSPS) is 23.8. The monoisotopic (exact) mass is 369 g/mol. The average molecular weight is 369 g/mol. The molecule has 142 valence electrons. The Morgan fingerprint density at radius 1 is 1.22 bits per heavy atom. The topological polar surface area (TPSA) is 63.2 Å². The van der Waals surface area contributed by atoms with Gasteiger partial charge in [-0.05, 0) is 55.9 Å². The van der Waals surface area contributed by atoms with E-state index >= 15 is 0 Å².